The highest BCUT2D eigenvalue weighted by Gasteiger charge is 2.33. The summed E-state index contributed by atoms with van der Waals surface area (Å²) in [4.78, 5) is 28.4. The van der Waals surface area contributed by atoms with Crippen molar-refractivity contribution in [2.45, 2.75) is 17.7 Å². The van der Waals surface area contributed by atoms with Gasteiger partial charge in [-0.05, 0) is 49.2 Å². The molecule has 1 aliphatic rings. The zero-order valence-electron chi connectivity index (χ0n) is 14.8. The summed E-state index contributed by atoms with van der Waals surface area (Å²) in [5.41, 5.74) is 5.02. The molecule has 10 heteroatoms. The molecule has 28 heavy (non-hydrogen) atoms. The molecule has 1 saturated heterocycles. The number of pyridine rings is 1. The molecular weight excluding hydrogens is 448 g/mol. The number of amides is 2. The van der Waals surface area contributed by atoms with Gasteiger partial charge in [-0.15, -0.1) is 0 Å². The second kappa shape index (κ2) is 8.80. The first-order chi connectivity index (χ1) is 13.4. The summed E-state index contributed by atoms with van der Waals surface area (Å²) in [7, 11) is -3.68. The smallest absolute Gasteiger partial charge is 0.271 e. The predicted octanol–water partition coefficient (Wildman–Crippen LogP) is 1.71. The van der Waals surface area contributed by atoms with Crippen LogP contribution in [0, 0.1) is 5.92 Å². The summed E-state index contributed by atoms with van der Waals surface area (Å²) >= 11 is 3.28. The maximum atomic E-state index is 12.8. The van der Waals surface area contributed by atoms with E-state index >= 15 is 0 Å². The maximum Gasteiger partial charge on any atom is 0.271 e. The lowest BCUT2D eigenvalue weighted by atomic mass is 9.99. The number of benzene rings is 1. The lowest BCUT2D eigenvalue weighted by Crippen LogP contribution is -2.50. The number of hydrogen-bond donors (Lipinski definition) is 2. The Morgan fingerprint density at radius 1 is 1.14 bits per heavy atom. The Labute approximate surface area is 171 Å². The van der Waals surface area contributed by atoms with E-state index in [1.165, 1.54) is 28.8 Å². The van der Waals surface area contributed by atoms with Crippen LogP contribution < -0.4 is 10.9 Å². The van der Waals surface area contributed by atoms with E-state index in [1.807, 2.05) is 0 Å². The molecule has 1 fully saturated rings. The van der Waals surface area contributed by atoms with Crippen molar-refractivity contribution in [1.82, 2.24) is 20.1 Å². The summed E-state index contributed by atoms with van der Waals surface area (Å²) in [5.74, 6) is -1.46. The van der Waals surface area contributed by atoms with Crippen LogP contribution in [0.25, 0.3) is 0 Å². The first-order valence-electron chi connectivity index (χ1n) is 8.64. The molecule has 2 heterocycles. The van der Waals surface area contributed by atoms with Gasteiger partial charge >= 0.3 is 0 Å². The second-order valence-electron chi connectivity index (χ2n) is 6.34. The van der Waals surface area contributed by atoms with E-state index in [1.54, 1.807) is 24.3 Å². The Morgan fingerprint density at radius 3 is 2.57 bits per heavy atom. The quantitative estimate of drug-likeness (QED) is 0.666. The highest BCUT2D eigenvalue weighted by molar-refractivity contribution is 9.10. The minimum Gasteiger partial charge on any atom is -0.273 e. The molecule has 1 aromatic heterocycles. The molecule has 2 aromatic rings. The van der Waals surface area contributed by atoms with E-state index < -0.39 is 27.8 Å². The molecule has 3 rings (SSSR count). The zero-order valence-corrected chi connectivity index (χ0v) is 17.2. The monoisotopic (exact) mass is 466 g/mol. The average molecular weight is 467 g/mol. The molecule has 1 atom stereocenters. The number of nitrogens with zero attached hydrogens (tertiary/aromatic N) is 2. The number of nitrogens with one attached hydrogen (secondary N) is 2. The molecule has 1 aliphatic heterocycles. The summed E-state index contributed by atoms with van der Waals surface area (Å²) in [6.45, 7) is 0.414. The fraction of sp³-hybridized carbons (Fsp3) is 0.278. The van der Waals surface area contributed by atoms with Crippen LogP contribution in [-0.2, 0) is 14.8 Å². The van der Waals surface area contributed by atoms with Crippen LogP contribution in [-0.4, -0.2) is 42.6 Å². The molecule has 0 bridgehead atoms. The molecule has 0 radical (unpaired) electrons. The third-order valence-electron chi connectivity index (χ3n) is 4.43. The molecule has 1 unspecified atom stereocenters. The largest absolute Gasteiger partial charge is 0.273 e. The van der Waals surface area contributed by atoms with Crippen molar-refractivity contribution in [3.63, 3.8) is 0 Å². The van der Waals surface area contributed by atoms with Crippen molar-refractivity contribution in [1.29, 1.82) is 0 Å². The van der Waals surface area contributed by atoms with Crippen molar-refractivity contribution >= 4 is 37.8 Å². The van der Waals surface area contributed by atoms with Crippen molar-refractivity contribution in [3.8, 4) is 0 Å². The standard InChI is InChI=1S/C18H19BrN4O4S/c19-15-5-7-16(8-6-15)28(26,27)23-10-2-4-14(12-23)18(25)22-21-17(24)13-3-1-9-20-11-13/h1,3,5-9,11,14H,2,4,10,12H2,(H,21,24)(H,22,25). The van der Waals surface area contributed by atoms with Gasteiger partial charge in [-0.1, -0.05) is 15.9 Å². The number of piperidine rings is 1. The van der Waals surface area contributed by atoms with E-state index in [4.69, 9.17) is 0 Å². The van der Waals surface area contributed by atoms with Crippen LogP contribution in [0.1, 0.15) is 23.2 Å². The van der Waals surface area contributed by atoms with E-state index in [9.17, 15) is 18.0 Å². The fourth-order valence-corrected chi connectivity index (χ4v) is 4.71. The van der Waals surface area contributed by atoms with Gasteiger partial charge < -0.3 is 0 Å². The SMILES string of the molecule is O=C(NNC(=O)C1CCCN(S(=O)(=O)c2ccc(Br)cc2)C1)c1cccnc1. The number of hydrogen-bond acceptors (Lipinski definition) is 5. The highest BCUT2D eigenvalue weighted by atomic mass is 79.9. The molecule has 2 amide bonds. The molecule has 148 valence electrons. The molecule has 0 saturated carbocycles. The van der Waals surface area contributed by atoms with E-state index in [0.717, 1.165) is 4.47 Å². The molecule has 8 nitrogen and oxygen atoms in total. The number of rotatable bonds is 4. The van der Waals surface area contributed by atoms with Gasteiger partial charge in [-0.25, -0.2) is 8.42 Å². The van der Waals surface area contributed by atoms with Crippen LogP contribution in [0.2, 0.25) is 0 Å². The van der Waals surface area contributed by atoms with Gasteiger partial charge in [-0.3, -0.25) is 25.4 Å². The van der Waals surface area contributed by atoms with Crippen LogP contribution in [0.5, 0.6) is 0 Å². The molecular formula is C18H19BrN4O4S. The van der Waals surface area contributed by atoms with Crippen molar-refractivity contribution < 1.29 is 18.0 Å². The summed E-state index contributed by atoms with van der Waals surface area (Å²) in [6.07, 6.45) is 4.03. The van der Waals surface area contributed by atoms with Crippen LogP contribution >= 0.6 is 15.9 Å². The number of carbonyl (C=O) groups excluding carboxylic acids is 2. The fourth-order valence-electron chi connectivity index (χ4n) is 2.92. The first kappa shape index (κ1) is 20.4. The highest BCUT2D eigenvalue weighted by Crippen LogP contribution is 2.24. The van der Waals surface area contributed by atoms with Gasteiger partial charge in [0.05, 0.1) is 16.4 Å². The van der Waals surface area contributed by atoms with Crippen LogP contribution in [0.15, 0.2) is 58.2 Å². The van der Waals surface area contributed by atoms with Crippen molar-refractivity contribution in [2.24, 2.45) is 5.92 Å². The van der Waals surface area contributed by atoms with Gasteiger partial charge in [0.25, 0.3) is 5.91 Å². The van der Waals surface area contributed by atoms with Crippen LogP contribution in [0.3, 0.4) is 0 Å². The van der Waals surface area contributed by atoms with Crippen molar-refractivity contribution in [2.75, 3.05) is 13.1 Å². The first-order valence-corrected chi connectivity index (χ1v) is 10.9. The third kappa shape index (κ3) is 4.75. The Morgan fingerprint density at radius 2 is 1.89 bits per heavy atom. The number of aromatic nitrogens is 1. The summed E-state index contributed by atoms with van der Waals surface area (Å²) in [5, 5.41) is 0. The van der Waals surface area contributed by atoms with E-state index in [-0.39, 0.29) is 11.4 Å². The third-order valence-corrected chi connectivity index (χ3v) is 6.84. The Kier molecular flexibility index (Phi) is 6.42. The second-order valence-corrected chi connectivity index (χ2v) is 9.19. The van der Waals surface area contributed by atoms with Gasteiger partial charge in [0.1, 0.15) is 0 Å². The summed E-state index contributed by atoms with van der Waals surface area (Å²) in [6, 6.07) is 9.56. The number of sulfonamides is 1. The minimum absolute atomic E-state index is 0.0625. The Balaban J connectivity index is 1.61. The minimum atomic E-state index is -3.68. The van der Waals surface area contributed by atoms with Crippen molar-refractivity contribution in [3.05, 3.63) is 58.8 Å². The van der Waals surface area contributed by atoms with Gasteiger partial charge in [0, 0.05) is 30.0 Å². The number of hydrazine groups is 1. The normalized spacial score (nSPS) is 17.7. The van der Waals surface area contributed by atoms with Crippen LogP contribution in [0.4, 0.5) is 0 Å². The van der Waals surface area contributed by atoms with Gasteiger partial charge in [0.15, 0.2) is 0 Å². The topological polar surface area (TPSA) is 108 Å². The lowest BCUT2D eigenvalue weighted by Gasteiger charge is -2.31. The average Bonchev–Trinajstić information content (AvgIpc) is 2.72. The zero-order chi connectivity index (χ0) is 20.1. The van der Waals surface area contributed by atoms with E-state index in [2.05, 4.69) is 31.8 Å². The lowest BCUT2D eigenvalue weighted by molar-refractivity contribution is -0.126. The van der Waals surface area contributed by atoms with Gasteiger partial charge in [0.2, 0.25) is 15.9 Å². The number of carbonyl (C=O) groups is 2. The maximum absolute atomic E-state index is 12.8. The van der Waals surface area contributed by atoms with Gasteiger partial charge in [-0.2, -0.15) is 4.31 Å². The molecule has 2 N–H and O–H groups in total. The predicted molar refractivity (Wildman–Crippen MR) is 105 cm³/mol. The molecule has 0 spiro atoms. The number of halogens is 1. The Bertz CT molecular complexity index is 951. The molecule has 0 aliphatic carbocycles. The summed E-state index contributed by atoms with van der Waals surface area (Å²) < 4.78 is 27.7. The van der Waals surface area contributed by atoms with E-state index in [0.29, 0.717) is 24.9 Å². The Hall–Kier alpha value is -2.30. The molecule has 1 aromatic carbocycles.